The van der Waals surface area contributed by atoms with Gasteiger partial charge in [-0.2, -0.15) is 0 Å². The van der Waals surface area contributed by atoms with Crippen LogP contribution in [0.25, 0.3) is 0 Å². The molecule has 0 unspecified atom stereocenters. The monoisotopic (exact) mass is 299 g/mol. The highest BCUT2D eigenvalue weighted by molar-refractivity contribution is 5.47. The first-order valence-corrected chi connectivity index (χ1v) is 7.65. The van der Waals surface area contributed by atoms with Crippen LogP contribution in [0.15, 0.2) is 36.4 Å². The van der Waals surface area contributed by atoms with E-state index in [0.29, 0.717) is 0 Å². The highest BCUT2D eigenvalue weighted by atomic mass is 15.1. The molecule has 0 atom stereocenters. The molecule has 0 spiro atoms. The fourth-order valence-electron chi connectivity index (χ4n) is 2.15. The third-order valence-electron chi connectivity index (χ3n) is 3.24. The highest BCUT2D eigenvalue weighted by Crippen LogP contribution is 2.12. The van der Waals surface area contributed by atoms with E-state index in [9.17, 15) is 0 Å². The summed E-state index contributed by atoms with van der Waals surface area (Å²) in [4.78, 5) is 11.0. The summed E-state index contributed by atoms with van der Waals surface area (Å²) in [5.41, 5.74) is 1.24. The Morgan fingerprint density at radius 2 is 1.68 bits per heavy atom. The van der Waals surface area contributed by atoms with Crippen molar-refractivity contribution in [1.29, 1.82) is 0 Å². The van der Waals surface area contributed by atoms with Gasteiger partial charge < -0.3 is 15.5 Å². The molecule has 5 heteroatoms. The summed E-state index contributed by atoms with van der Waals surface area (Å²) < 4.78 is 0. The number of nitrogens with one attached hydrogen (secondary N) is 2. The molecule has 22 heavy (non-hydrogen) atoms. The number of anilines is 2. The van der Waals surface area contributed by atoms with Crippen molar-refractivity contribution >= 4 is 11.6 Å². The standard InChI is InChI=1S/C17H25N5/c1-14-20-16(18-10-7-11-22(2)3)12-17(21-14)19-13-15-8-5-4-6-9-15/h4-6,8-9,12H,7,10-11,13H2,1-3H3,(H2,18,19,20,21). The van der Waals surface area contributed by atoms with E-state index >= 15 is 0 Å². The minimum Gasteiger partial charge on any atom is -0.370 e. The van der Waals surface area contributed by atoms with Gasteiger partial charge in [0.05, 0.1) is 0 Å². The maximum absolute atomic E-state index is 4.43. The van der Waals surface area contributed by atoms with Crippen LogP contribution in [-0.4, -0.2) is 42.1 Å². The second-order valence-corrected chi connectivity index (χ2v) is 5.61. The summed E-state index contributed by atoms with van der Waals surface area (Å²) in [6.45, 7) is 4.65. The average molecular weight is 299 g/mol. The van der Waals surface area contributed by atoms with Crippen molar-refractivity contribution in [2.24, 2.45) is 0 Å². The Hall–Kier alpha value is -2.14. The molecule has 5 nitrogen and oxygen atoms in total. The second-order valence-electron chi connectivity index (χ2n) is 5.61. The fourth-order valence-corrected chi connectivity index (χ4v) is 2.15. The van der Waals surface area contributed by atoms with Crippen molar-refractivity contribution in [3.63, 3.8) is 0 Å². The minimum atomic E-state index is 0.761. The number of benzene rings is 1. The number of hydrogen-bond donors (Lipinski definition) is 2. The van der Waals surface area contributed by atoms with Crippen LogP contribution >= 0.6 is 0 Å². The Balaban J connectivity index is 1.89. The van der Waals surface area contributed by atoms with E-state index in [1.807, 2.05) is 31.2 Å². The van der Waals surface area contributed by atoms with E-state index in [4.69, 9.17) is 0 Å². The first-order chi connectivity index (χ1) is 10.6. The molecule has 0 radical (unpaired) electrons. The van der Waals surface area contributed by atoms with Gasteiger partial charge in [-0.05, 0) is 39.5 Å². The highest BCUT2D eigenvalue weighted by Gasteiger charge is 2.02. The zero-order chi connectivity index (χ0) is 15.8. The summed E-state index contributed by atoms with van der Waals surface area (Å²) in [6.07, 6.45) is 1.09. The molecule has 2 aromatic rings. The summed E-state index contributed by atoms with van der Waals surface area (Å²) in [5, 5.41) is 6.71. The first-order valence-electron chi connectivity index (χ1n) is 7.65. The van der Waals surface area contributed by atoms with E-state index in [0.717, 1.165) is 43.5 Å². The van der Waals surface area contributed by atoms with Crippen LogP contribution in [0, 0.1) is 6.92 Å². The zero-order valence-electron chi connectivity index (χ0n) is 13.6. The van der Waals surface area contributed by atoms with Gasteiger partial charge in [0.15, 0.2) is 0 Å². The lowest BCUT2D eigenvalue weighted by Gasteiger charge is -2.12. The molecule has 1 heterocycles. The predicted octanol–water partition coefficient (Wildman–Crippen LogP) is 2.76. The van der Waals surface area contributed by atoms with Crippen molar-refractivity contribution in [1.82, 2.24) is 14.9 Å². The molecule has 0 aliphatic rings. The van der Waals surface area contributed by atoms with Crippen LogP contribution in [0.2, 0.25) is 0 Å². The Kier molecular flexibility index (Phi) is 6.15. The van der Waals surface area contributed by atoms with Gasteiger partial charge in [-0.15, -0.1) is 0 Å². The van der Waals surface area contributed by atoms with Crippen molar-refractivity contribution in [3.05, 3.63) is 47.8 Å². The van der Waals surface area contributed by atoms with Gasteiger partial charge in [-0.25, -0.2) is 9.97 Å². The molecule has 1 aromatic carbocycles. The summed E-state index contributed by atoms with van der Waals surface area (Å²) in [7, 11) is 4.17. The summed E-state index contributed by atoms with van der Waals surface area (Å²) in [5.74, 6) is 2.50. The summed E-state index contributed by atoms with van der Waals surface area (Å²) >= 11 is 0. The smallest absolute Gasteiger partial charge is 0.132 e. The van der Waals surface area contributed by atoms with Gasteiger partial charge in [0, 0.05) is 19.2 Å². The van der Waals surface area contributed by atoms with Crippen LogP contribution in [0.1, 0.15) is 17.8 Å². The van der Waals surface area contributed by atoms with Gasteiger partial charge >= 0.3 is 0 Å². The van der Waals surface area contributed by atoms with E-state index in [-0.39, 0.29) is 0 Å². The van der Waals surface area contributed by atoms with Crippen molar-refractivity contribution in [2.45, 2.75) is 19.9 Å². The third-order valence-corrected chi connectivity index (χ3v) is 3.24. The molecule has 2 N–H and O–H groups in total. The number of rotatable bonds is 8. The Morgan fingerprint density at radius 1 is 1.00 bits per heavy atom. The number of nitrogens with zero attached hydrogens (tertiary/aromatic N) is 3. The lowest BCUT2D eigenvalue weighted by molar-refractivity contribution is 0.405. The topological polar surface area (TPSA) is 53.1 Å². The molecule has 0 amide bonds. The predicted molar refractivity (Wildman–Crippen MR) is 92.2 cm³/mol. The maximum Gasteiger partial charge on any atom is 0.132 e. The SMILES string of the molecule is Cc1nc(NCCCN(C)C)cc(NCc2ccccc2)n1. The molecule has 1 aromatic heterocycles. The fraction of sp³-hybridized carbons (Fsp3) is 0.412. The molecular weight excluding hydrogens is 274 g/mol. The maximum atomic E-state index is 4.43. The van der Waals surface area contributed by atoms with Crippen LogP contribution in [0.5, 0.6) is 0 Å². The molecule has 0 saturated carbocycles. The van der Waals surface area contributed by atoms with Crippen LogP contribution in [0.4, 0.5) is 11.6 Å². The van der Waals surface area contributed by atoms with Gasteiger partial charge in [-0.3, -0.25) is 0 Å². The van der Waals surface area contributed by atoms with Gasteiger partial charge in [0.1, 0.15) is 17.5 Å². The Labute approximate surface area is 132 Å². The Morgan fingerprint density at radius 3 is 2.36 bits per heavy atom. The van der Waals surface area contributed by atoms with Gasteiger partial charge in [0.25, 0.3) is 0 Å². The average Bonchev–Trinajstić information content (AvgIpc) is 2.50. The van der Waals surface area contributed by atoms with Crippen molar-refractivity contribution in [2.75, 3.05) is 37.8 Å². The van der Waals surface area contributed by atoms with E-state index in [2.05, 4.69) is 51.7 Å². The second kappa shape index (κ2) is 8.34. The largest absolute Gasteiger partial charge is 0.370 e. The Bertz CT molecular complexity index is 569. The van der Waals surface area contributed by atoms with Crippen molar-refractivity contribution in [3.8, 4) is 0 Å². The number of aryl methyl sites for hydroxylation is 1. The van der Waals surface area contributed by atoms with Crippen LogP contribution < -0.4 is 10.6 Å². The lowest BCUT2D eigenvalue weighted by atomic mass is 10.2. The molecule has 0 saturated heterocycles. The zero-order valence-corrected chi connectivity index (χ0v) is 13.6. The number of aromatic nitrogens is 2. The molecule has 0 aliphatic carbocycles. The number of hydrogen-bond acceptors (Lipinski definition) is 5. The van der Waals surface area contributed by atoms with E-state index in [1.165, 1.54) is 5.56 Å². The molecule has 2 rings (SSSR count). The van der Waals surface area contributed by atoms with Gasteiger partial charge in [0.2, 0.25) is 0 Å². The van der Waals surface area contributed by atoms with Crippen LogP contribution in [0.3, 0.4) is 0 Å². The first kappa shape index (κ1) is 16.2. The summed E-state index contributed by atoms with van der Waals surface area (Å²) in [6, 6.07) is 12.3. The normalized spacial score (nSPS) is 10.7. The molecule has 0 aliphatic heterocycles. The minimum absolute atomic E-state index is 0.761. The third kappa shape index (κ3) is 5.69. The van der Waals surface area contributed by atoms with E-state index in [1.54, 1.807) is 0 Å². The lowest BCUT2D eigenvalue weighted by Crippen LogP contribution is -2.17. The van der Waals surface area contributed by atoms with E-state index < -0.39 is 0 Å². The molecule has 0 fully saturated rings. The molecule has 118 valence electrons. The van der Waals surface area contributed by atoms with Gasteiger partial charge in [-0.1, -0.05) is 30.3 Å². The van der Waals surface area contributed by atoms with Crippen LogP contribution in [-0.2, 0) is 6.54 Å². The molecule has 0 bridgehead atoms. The quantitative estimate of drug-likeness (QED) is 0.734. The molecular formula is C17H25N5. The van der Waals surface area contributed by atoms with Crippen molar-refractivity contribution < 1.29 is 0 Å².